The maximum atomic E-state index is 13.5. The first kappa shape index (κ1) is 16.2. The predicted octanol–water partition coefficient (Wildman–Crippen LogP) is 4.77. The van der Waals surface area contributed by atoms with Crippen molar-refractivity contribution in [2.75, 3.05) is 11.4 Å². The van der Waals surface area contributed by atoms with Gasteiger partial charge in [0.2, 0.25) is 0 Å². The molecule has 0 bridgehead atoms. The van der Waals surface area contributed by atoms with Crippen LogP contribution in [0.25, 0.3) is 21.7 Å². The molecule has 5 nitrogen and oxygen atoms in total. The van der Waals surface area contributed by atoms with Crippen molar-refractivity contribution >= 4 is 34.0 Å². The van der Waals surface area contributed by atoms with E-state index < -0.39 is 0 Å². The number of nitrogens with zero attached hydrogens (tertiary/aromatic N) is 3. The van der Waals surface area contributed by atoms with Gasteiger partial charge in [0.1, 0.15) is 0 Å². The number of para-hydroxylation sites is 1. The number of anilines is 1. The third kappa shape index (κ3) is 2.56. The van der Waals surface area contributed by atoms with Crippen molar-refractivity contribution < 1.29 is 9.32 Å². The molecule has 0 atom stereocenters. The lowest BCUT2D eigenvalue weighted by Crippen LogP contribution is -2.29. The Kier molecular flexibility index (Phi) is 3.62. The Balaban J connectivity index is 1.68. The van der Waals surface area contributed by atoms with Crippen molar-refractivity contribution in [3.8, 4) is 10.6 Å². The molecule has 0 aliphatic carbocycles. The molecule has 0 spiro atoms. The third-order valence-electron chi connectivity index (χ3n) is 4.97. The smallest absolute Gasteiger partial charge is 0.259 e. The first-order valence-electron chi connectivity index (χ1n) is 8.85. The molecule has 0 saturated carbocycles. The number of carbonyl (C=O) groups is 1. The molecule has 1 aliphatic rings. The molecular weight excluding hydrogens is 358 g/mol. The minimum absolute atomic E-state index is 0.0341. The van der Waals surface area contributed by atoms with Gasteiger partial charge in [-0.2, -0.15) is 0 Å². The number of hydrogen-bond acceptors (Lipinski definition) is 5. The molecule has 5 rings (SSSR count). The topological polar surface area (TPSA) is 59.2 Å². The summed E-state index contributed by atoms with van der Waals surface area (Å²) in [6.07, 6.45) is 0.871. The Morgan fingerprint density at radius 1 is 1.19 bits per heavy atom. The van der Waals surface area contributed by atoms with Crippen molar-refractivity contribution in [1.82, 2.24) is 10.1 Å². The summed E-state index contributed by atoms with van der Waals surface area (Å²) in [5, 5.41) is 4.74. The van der Waals surface area contributed by atoms with Crippen LogP contribution in [0.15, 0.2) is 47.0 Å². The van der Waals surface area contributed by atoms with Gasteiger partial charge in [-0.3, -0.25) is 4.79 Å². The molecule has 1 aromatic carbocycles. The summed E-state index contributed by atoms with van der Waals surface area (Å²) in [4.78, 5) is 22.2. The summed E-state index contributed by atoms with van der Waals surface area (Å²) in [5.41, 5.74) is 4.61. The van der Waals surface area contributed by atoms with Gasteiger partial charge in [-0.15, -0.1) is 11.3 Å². The minimum atomic E-state index is -0.0341. The SMILES string of the molecule is Cc1ccc(-c2cc(C(=O)N3CCc4ccccc43)c3c(C)noc3n2)s1. The van der Waals surface area contributed by atoms with Gasteiger partial charge in [-0.25, -0.2) is 4.98 Å². The number of carbonyl (C=O) groups excluding carboxylic acids is 1. The van der Waals surface area contributed by atoms with E-state index in [2.05, 4.69) is 29.2 Å². The second kappa shape index (κ2) is 6.03. The summed E-state index contributed by atoms with van der Waals surface area (Å²) in [6, 6.07) is 14.0. The number of aromatic nitrogens is 2. The molecule has 0 N–H and O–H groups in total. The van der Waals surface area contributed by atoms with Gasteiger partial charge in [0.25, 0.3) is 11.6 Å². The number of rotatable bonds is 2. The average Bonchev–Trinajstić information content (AvgIpc) is 3.39. The molecule has 3 aromatic heterocycles. The van der Waals surface area contributed by atoms with Gasteiger partial charge >= 0.3 is 0 Å². The maximum Gasteiger partial charge on any atom is 0.259 e. The van der Waals surface area contributed by atoms with Crippen LogP contribution in [0.2, 0.25) is 0 Å². The van der Waals surface area contributed by atoms with Crippen LogP contribution in [0.3, 0.4) is 0 Å². The van der Waals surface area contributed by atoms with Crippen LogP contribution in [0.4, 0.5) is 5.69 Å². The van der Waals surface area contributed by atoms with Gasteiger partial charge in [0.15, 0.2) is 0 Å². The molecule has 0 radical (unpaired) electrons. The standard InChI is InChI=1S/C21H17N3O2S/c1-12-7-8-18(27-12)16-11-15(19-13(2)23-26-20(19)22-16)21(25)24-10-9-14-5-3-4-6-17(14)24/h3-8,11H,9-10H2,1-2H3. The number of amides is 1. The van der Waals surface area contributed by atoms with Crippen molar-refractivity contribution in [1.29, 1.82) is 0 Å². The molecule has 1 aliphatic heterocycles. The van der Waals surface area contributed by atoms with Crippen LogP contribution in [-0.2, 0) is 6.42 Å². The van der Waals surface area contributed by atoms with Crippen molar-refractivity contribution in [3.63, 3.8) is 0 Å². The first-order valence-corrected chi connectivity index (χ1v) is 9.67. The quantitative estimate of drug-likeness (QED) is 0.506. The Labute approximate surface area is 160 Å². The predicted molar refractivity (Wildman–Crippen MR) is 106 cm³/mol. The van der Waals surface area contributed by atoms with Crippen molar-refractivity contribution in [3.05, 3.63) is 64.2 Å². The van der Waals surface area contributed by atoms with Crippen LogP contribution < -0.4 is 4.90 Å². The lowest BCUT2D eigenvalue weighted by Gasteiger charge is -2.18. The summed E-state index contributed by atoms with van der Waals surface area (Å²) in [6.45, 7) is 4.58. The molecule has 0 saturated heterocycles. The number of benzene rings is 1. The van der Waals surface area contributed by atoms with E-state index in [-0.39, 0.29) is 5.91 Å². The second-order valence-electron chi connectivity index (χ2n) is 6.75. The van der Waals surface area contributed by atoms with Crippen LogP contribution >= 0.6 is 11.3 Å². The molecule has 134 valence electrons. The molecule has 0 fully saturated rings. The van der Waals surface area contributed by atoms with E-state index in [1.807, 2.05) is 42.2 Å². The summed E-state index contributed by atoms with van der Waals surface area (Å²) >= 11 is 1.65. The number of fused-ring (bicyclic) bond motifs is 2. The maximum absolute atomic E-state index is 13.5. The first-order chi connectivity index (χ1) is 13.1. The van der Waals surface area contributed by atoms with Gasteiger partial charge in [-0.05, 0) is 50.1 Å². The van der Waals surface area contributed by atoms with E-state index in [1.165, 1.54) is 10.4 Å². The van der Waals surface area contributed by atoms with E-state index in [0.29, 0.717) is 28.9 Å². The summed E-state index contributed by atoms with van der Waals surface area (Å²) in [7, 11) is 0. The van der Waals surface area contributed by atoms with Crippen molar-refractivity contribution in [2.45, 2.75) is 20.3 Å². The zero-order valence-electron chi connectivity index (χ0n) is 15.0. The molecule has 27 heavy (non-hydrogen) atoms. The van der Waals surface area contributed by atoms with Crippen LogP contribution in [0.5, 0.6) is 0 Å². The van der Waals surface area contributed by atoms with Crippen LogP contribution in [-0.4, -0.2) is 22.6 Å². The highest BCUT2D eigenvalue weighted by Crippen LogP contribution is 2.34. The van der Waals surface area contributed by atoms with E-state index in [0.717, 1.165) is 22.7 Å². The Bertz CT molecular complexity index is 1190. The fraction of sp³-hybridized carbons (Fsp3) is 0.190. The lowest BCUT2D eigenvalue weighted by molar-refractivity contribution is 0.0991. The Hall–Kier alpha value is -2.99. The van der Waals surface area contributed by atoms with Crippen LogP contribution in [0, 0.1) is 13.8 Å². The van der Waals surface area contributed by atoms with Gasteiger partial charge in [0.05, 0.1) is 27.2 Å². The highest BCUT2D eigenvalue weighted by Gasteiger charge is 2.28. The zero-order chi connectivity index (χ0) is 18.5. The van der Waals surface area contributed by atoms with E-state index >= 15 is 0 Å². The number of hydrogen-bond donors (Lipinski definition) is 0. The molecule has 4 heterocycles. The summed E-state index contributed by atoms with van der Waals surface area (Å²) in [5.74, 6) is -0.0341. The number of pyridine rings is 1. The van der Waals surface area contributed by atoms with E-state index in [9.17, 15) is 4.79 Å². The second-order valence-corrected chi connectivity index (χ2v) is 8.04. The highest BCUT2D eigenvalue weighted by molar-refractivity contribution is 7.15. The van der Waals surface area contributed by atoms with Gasteiger partial charge < -0.3 is 9.42 Å². The summed E-state index contributed by atoms with van der Waals surface area (Å²) < 4.78 is 5.41. The average molecular weight is 375 g/mol. The largest absolute Gasteiger partial charge is 0.335 e. The molecule has 1 amide bonds. The zero-order valence-corrected chi connectivity index (χ0v) is 15.8. The fourth-order valence-corrected chi connectivity index (χ4v) is 4.48. The van der Waals surface area contributed by atoms with E-state index in [1.54, 1.807) is 11.3 Å². The Morgan fingerprint density at radius 3 is 2.85 bits per heavy atom. The minimum Gasteiger partial charge on any atom is -0.335 e. The lowest BCUT2D eigenvalue weighted by atomic mass is 10.1. The molecular formula is C21H17N3O2S. The Morgan fingerprint density at radius 2 is 2.04 bits per heavy atom. The van der Waals surface area contributed by atoms with Gasteiger partial charge in [0, 0.05) is 17.1 Å². The fourth-order valence-electron chi connectivity index (χ4n) is 3.66. The monoisotopic (exact) mass is 375 g/mol. The number of aryl methyl sites for hydroxylation is 2. The highest BCUT2D eigenvalue weighted by atomic mass is 32.1. The van der Waals surface area contributed by atoms with Crippen LogP contribution in [0.1, 0.15) is 26.5 Å². The molecule has 4 aromatic rings. The third-order valence-corrected chi connectivity index (χ3v) is 6.00. The van der Waals surface area contributed by atoms with Crippen molar-refractivity contribution in [2.24, 2.45) is 0 Å². The van der Waals surface area contributed by atoms with E-state index in [4.69, 9.17) is 4.52 Å². The number of thiophene rings is 1. The molecule has 6 heteroatoms. The molecule has 0 unspecified atom stereocenters. The van der Waals surface area contributed by atoms with Gasteiger partial charge in [-0.1, -0.05) is 23.4 Å². The normalized spacial score (nSPS) is 13.3.